The summed E-state index contributed by atoms with van der Waals surface area (Å²) in [6.45, 7) is 4.53. The minimum atomic E-state index is -0.193. The van der Waals surface area contributed by atoms with Gasteiger partial charge in [-0.2, -0.15) is 0 Å². The normalized spacial score (nSPS) is 51.7. The number of amides is 1. The molecule has 0 aliphatic heterocycles. The number of hydrogen-bond acceptors (Lipinski definition) is 2. The molecule has 0 bridgehead atoms. The second-order valence-electron chi connectivity index (χ2n) is 9.12. The predicted octanol–water partition coefficient (Wildman–Crippen LogP) is 3.48. The molecule has 0 heterocycles. The van der Waals surface area contributed by atoms with Crippen molar-refractivity contribution in [3.05, 3.63) is 12.2 Å². The third-order valence-electron chi connectivity index (χ3n) is 8.24. The van der Waals surface area contributed by atoms with Crippen molar-refractivity contribution in [2.24, 2.45) is 46.2 Å². The topological polar surface area (TPSA) is 60.2 Å². The van der Waals surface area contributed by atoms with Gasteiger partial charge in [0.25, 0.3) is 0 Å². The lowest BCUT2D eigenvalue weighted by atomic mass is 9.45. The summed E-state index contributed by atoms with van der Waals surface area (Å²) in [4.78, 5) is 25.1. The molecule has 0 saturated heterocycles. The molecule has 2 N–H and O–H groups in total. The Kier molecular flexibility index (Phi) is 3.31. The summed E-state index contributed by atoms with van der Waals surface area (Å²) in [7, 11) is 0. The van der Waals surface area contributed by atoms with Crippen LogP contribution >= 0.6 is 0 Å². The zero-order valence-electron chi connectivity index (χ0n) is 14.4. The van der Waals surface area contributed by atoms with Crippen molar-refractivity contribution in [1.29, 1.82) is 0 Å². The molecule has 23 heavy (non-hydrogen) atoms. The van der Waals surface area contributed by atoms with Crippen LogP contribution in [-0.2, 0) is 9.59 Å². The quantitative estimate of drug-likeness (QED) is 0.753. The van der Waals surface area contributed by atoms with E-state index in [9.17, 15) is 9.59 Å². The van der Waals surface area contributed by atoms with E-state index in [-0.39, 0.29) is 28.6 Å². The zero-order chi connectivity index (χ0) is 16.4. The number of nitrogens with two attached hydrogens (primary N) is 1. The van der Waals surface area contributed by atoms with Crippen LogP contribution in [0.1, 0.15) is 58.8 Å². The molecule has 0 aromatic carbocycles. The van der Waals surface area contributed by atoms with E-state index in [0.29, 0.717) is 30.0 Å². The summed E-state index contributed by atoms with van der Waals surface area (Å²) >= 11 is 0. The summed E-state index contributed by atoms with van der Waals surface area (Å²) in [6, 6.07) is 0. The number of carbonyl (C=O) groups is 2. The molecule has 0 spiro atoms. The minimum Gasteiger partial charge on any atom is -0.369 e. The van der Waals surface area contributed by atoms with Crippen molar-refractivity contribution < 1.29 is 9.59 Å². The van der Waals surface area contributed by atoms with Crippen molar-refractivity contribution >= 4 is 11.7 Å². The van der Waals surface area contributed by atoms with Gasteiger partial charge in [0.15, 0.2) is 0 Å². The molecule has 0 aromatic heterocycles. The van der Waals surface area contributed by atoms with Crippen LogP contribution in [0.4, 0.5) is 0 Å². The number of ketones is 1. The first kappa shape index (κ1) is 15.4. The highest BCUT2D eigenvalue weighted by Gasteiger charge is 2.63. The van der Waals surface area contributed by atoms with Gasteiger partial charge in [0.1, 0.15) is 5.78 Å². The minimum absolute atomic E-state index is 0.103. The highest BCUT2D eigenvalue weighted by molar-refractivity contribution is 5.86. The molecule has 0 aromatic rings. The molecule has 4 rings (SSSR count). The lowest BCUT2D eigenvalue weighted by Crippen LogP contribution is -2.57. The van der Waals surface area contributed by atoms with Gasteiger partial charge in [-0.1, -0.05) is 26.0 Å². The zero-order valence-corrected chi connectivity index (χ0v) is 14.4. The highest BCUT2D eigenvalue weighted by atomic mass is 16.1. The first-order valence-corrected chi connectivity index (χ1v) is 9.35. The van der Waals surface area contributed by atoms with Gasteiger partial charge in [-0.15, -0.1) is 0 Å². The Morgan fingerprint density at radius 3 is 2.65 bits per heavy atom. The van der Waals surface area contributed by atoms with Crippen molar-refractivity contribution in [1.82, 2.24) is 0 Å². The van der Waals surface area contributed by atoms with E-state index >= 15 is 0 Å². The van der Waals surface area contributed by atoms with Crippen LogP contribution in [0, 0.1) is 40.4 Å². The number of Topliss-reactive ketones (excluding diaryl/α,β-unsaturated/α-hetero) is 1. The number of carbonyl (C=O) groups excluding carboxylic acids is 2. The summed E-state index contributed by atoms with van der Waals surface area (Å²) < 4.78 is 0. The standard InChI is InChI=1S/C20H29NO2/c1-19-10-4-3-5-12(19)6-7-13-14-8-9-15(18(21)23)20(14,2)11-16(22)17(13)19/h3-4,12-15,17H,5-11H2,1-2H3,(H2,21,23)/t12-,13+,14+,15-,17-,19+,20+/m1/s1. The van der Waals surface area contributed by atoms with Crippen LogP contribution in [0.5, 0.6) is 0 Å². The average Bonchev–Trinajstić information content (AvgIpc) is 2.82. The fraction of sp³-hybridized carbons (Fsp3) is 0.800. The predicted molar refractivity (Wildman–Crippen MR) is 89.3 cm³/mol. The smallest absolute Gasteiger partial charge is 0.221 e. The van der Waals surface area contributed by atoms with Gasteiger partial charge in [-0.25, -0.2) is 0 Å². The first-order valence-electron chi connectivity index (χ1n) is 9.35. The number of rotatable bonds is 1. The van der Waals surface area contributed by atoms with Crippen LogP contribution in [0.25, 0.3) is 0 Å². The average molecular weight is 315 g/mol. The van der Waals surface area contributed by atoms with Gasteiger partial charge in [0.2, 0.25) is 5.91 Å². The summed E-state index contributed by atoms with van der Waals surface area (Å²) in [5, 5.41) is 0. The van der Waals surface area contributed by atoms with E-state index in [4.69, 9.17) is 5.73 Å². The van der Waals surface area contributed by atoms with Crippen molar-refractivity contribution in [2.45, 2.75) is 58.8 Å². The maximum atomic E-state index is 13.2. The Labute approximate surface area is 139 Å². The molecule has 1 amide bonds. The van der Waals surface area contributed by atoms with Crippen LogP contribution in [-0.4, -0.2) is 11.7 Å². The van der Waals surface area contributed by atoms with Gasteiger partial charge in [-0.3, -0.25) is 9.59 Å². The maximum absolute atomic E-state index is 13.2. The van der Waals surface area contributed by atoms with E-state index in [1.165, 1.54) is 6.42 Å². The number of allylic oxidation sites excluding steroid dienone is 2. The number of fused-ring (bicyclic) bond motifs is 5. The molecule has 3 saturated carbocycles. The Morgan fingerprint density at radius 2 is 1.91 bits per heavy atom. The Morgan fingerprint density at radius 1 is 1.13 bits per heavy atom. The second kappa shape index (κ2) is 4.94. The van der Waals surface area contributed by atoms with Crippen LogP contribution < -0.4 is 5.73 Å². The SMILES string of the molecule is C[C@]12CC=CC[C@@H]1CC[C@H]1[C@@H]3CC[C@H](C(N)=O)[C@@]3(C)CC(=O)[C@@H]12. The maximum Gasteiger partial charge on any atom is 0.221 e. The Balaban J connectivity index is 1.72. The molecule has 4 aliphatic carbocycles. The van der Waals surface area contributed by atoms with Crippen molar-refractivity contribution in [3.8, 4) is 0 Å². The van der Waals surface area contributed by atoms with Gasteiger partial charge in [0.05, 0.1) is 0 Å². The van der Waals surface area contributed by atoms with Gasteiger partial charge >= 0.3 is 0 Å². The fourth-order valence-corrected chi connectivity index (χ4v) is 7.13. The molecule has 4 aliphatic rings. The molecule has 3 heteroatoms. The van der Waals surface area contributed by atoms with E-state index in [0.717, 1.165) is 32.1 Å². The highest BCUT2D eigenvalue weighted by Crippen LogP contribution is 2.65. The van der Waals surface area contributed by atoms with E-state index < -0.39 is 0 Å². The number of primary amides is 1. The first-order chi connectivity index (χ1) is 10.9. The summed E-state index contributed by atoms with van der Waals surface area (Å²) in [5.74, 6) is 1.97. The molecular formula is C20H29NO2. The van der Waals surface area contributed by atoms with Gasteiger partial charge < -0.3 is 5.73 Å². The van der Waals surface area contributed by atoms with E-state index in [1.54, 1.807) is 0 Å². The Hall–Kier alpha value is -1.12. The summed E-state index contributed by atoms with van der Waals surface area (Å²) in [5.41, 5.74) is 5.63. The van der Waals surface area contributed by atoms with E-state index in [2.05, 4.69) is 26.0 Å². The molecule has 0 radical (unpaired) electrons. The molecule has 126 valence electrons. The monoisotopic (exact) mass is 315 g/mol. The lowest BCUT2D eigenvalue weighted by molar-refractivity contribution is -0.155. The number of hydrogen-bond donors (Lipinski definition) is 1. The van der Waals surface area contributed by atoms with Crippen molar-refractivity contribution in [2.75, 3.05) is 0 Å². The third kappa shape index (κ3) is 1.94. The lowest BCUT2D eigenvalue weighted by Gasteiger charge is -2.58. The molecule has 3 nitrogen and oxygen atoms in total. The molecule has 3 fully saturated rings. The second-order valence-corrected chi connectivity index (χ2v) is 9.12. The summed E-state index contributed by atoms with van der Waals surface area (Å²) in [6.07, 6.45) is 11.7. The largest absolute Gasteiger partial charge is 0.369 e. The van der Waals surface area contributed by atoms with Gasteiger partial charge in [-0.05, 0) is 67.1 Å². The van der Waals surface area contributed by atoms with Crippen LogP contribution in [0.3, 0.4) is 0 Å². The fourth-order valence-electron chi connectivity index (χ4n) is 7.13. The Bertz CT molecular complexity index is 582. The molecule has 7 atom stereocenters. The molecule has 0 unspecified atom stereocenters. The van der Waals surface area contributed by atoms with Crippen LogP contribution in [0.15, 0.2) is 12.2 Å². The van der Waals surface area contributed by atoms with E-state index in [1.807, 2.05) is 0 Å². The van der Waals surface area contributed by atoms with Crippen molar-refractivity contribution in [3.63, 3.8) is 0 Å². The third-order valence-corrected chi connectivity index (χ3v) is 8.24. The molecular weight excluding hydrogens is 286 g/mol. The van der Waals surface area contributed by atoms with Crippen LogP contribution in [0.2, 0.25) is 0 Å². The van der Waals surface area contributed by atoms with Gasteiger partial charge in [0, 0.05) is 18.3 Å².